The summed E-state index contributed by atoms with van der Waals surface area (Å²) in [5.41, 5.74) is 7.21. The van der Waals surface area contributed by atoms with E-state index in [-0.39, 0.29) is 11.7 Å². The fraction of sp³-hybridized carbons (Fsp3) is 0.0667. The van der Waals surface area contributed by atoms with Crippen LogP contribution in [0.15, 0.2) is 59.1 Å². The summed E-state index contributed by atoms with van der Waals surface area (Å²) in [6.07, 6.45) is 0. The first-order chi connectivity index (χ1) is 9.75. The molecule has 100 valence electrons. The molecule has 0 bridgehead atoms. The smallest absolute Gasteiger partial charge is 0.248 e. The average Bonchev–Trinajstić information content (AvgIpc) is 2.97. The van der Waals surface area contributed by atoms with Crippen molar-refractivity contribution in [1.29, 1.82) is 0 Å². The molecule has 20 heavy (non-hydrogen) atoms. The van der Waals surface area contributed by atoms with Gasteiger partial charge < -0.3 is 10.3 Å². The average molecular weight is 269 g/mol. The van der Waals surface area contributed by atoms with Crippen LogP contribution >= 0.6 is 0 Å². The van der Waals surface area contributed by atoms with Crippen LogP contribution in [-0.4, -0.2) is 10.1 Å². The number of benzene rings is 2. The van der Waals surface area contributed by atoms with Gasteiger partial charge in [0.2, 0.25) is 11.7 Å². The number of nitrogens with zero attached hydrogens (tertiary/aromatic N) is 2. The van der Waals surface area contributed by atoms with Crippen molar-refractivity contribution in [3.63, 3.8) is 0 Å². The van der Waals surface area contributed by atoms with Crippen LogP contribution in [0.2, 0.25) is 0 Å². The molecule has 0 radical (unpaired) electrons. The monoisotopic (exact) mass is 269 g/mol. The Kier molecular flexibility index (Phi) is 3.26. The van der Waals surface area contributed by atoms with Crippen LogP contribution in [0, 0.1) is 5.82 Å². The van der Waals surface area contributed by atoms with E-state index in [1.165, 1.54) is 6.07 Å². The lowest BCUT2D eigenvalue weighted by Crippen LogP contribution is -2.12. The lowest BCUT2D eigenvalue weighted by atomic mass is 10.1. The molecule has 2 aromatic carbocycles. The van der Waals surface area contributed by atoms with Gasteiger partial charge in [0, 0.05) is 0 Å². The van der Waals surface area contributed by atoms with E-state index in [1.807, 2.05) is 30.3 Å². The zero-order chi connectivity index (χ0) is 13.9. The molecule has 0 saturated heterocycles. The number of rotatable bonds is 3. The fourth-order valence-corrected chi connectivity index (χ4v) is 1.92. The van der Waals surface area contributed by atoms with Crippen molar-refractivity contribution in [2.75, 3.05) is 0 Å². The van der Waals surface area contributed by atoms with Gasteiger partial charge in [-0.05, 0) is 17.7 Å². The molecule has 0 saturated carbocycles. The largest absolute Gasteiger partial charge is 0.337 e. The van der Waals surface area contributed by atoms with E-state index < -0.39 is 11.9 Å². The Bertz CT molecular complexity index is 712. The molecule has 3 aromatic rings. The first-order valence-electron chi connectivity index (χ1n) is 6.15. The summed E-state index contributed by atoms with van der Waals surface area (Å²) >= 11 is 0. The van der Waals surface area contributed by atoms with Gasteiger partial charge in [-0.3, -0.25) is 0 Å². The Morgan fingerprint density at radius 3 is 2.45 bits per heavy atom. The molecule has 1 aromatic heterocycles. The second-order valence-electron chi connectivity index (χ2n) is 4.32. The Morgan fingerprint density at radius 2 is 1.70 bits per heavy atom. The Morgan fingerprint density at radius 1 is 1.00 bits per heavy atom. The molecule has 0 fully saturated rings. The quantitative estimate of drug-likeness (QED) is 0.794. The highest BCUT2D eigenvalue weighted by atomic mass is 19.1. The molecule has 1 heterocycles. The molecule has 3 rings (SSSR count). The summed E-state index contributed by atoms with van der Waals surface area (Å²) < 4.78 is 18.8. The van der Waals surface area contributed by atoms with Gasteiger partial charge >= 0.3 is 0 Å². The highest BCUT2D eigenvalue weighted by Crippen LogP contribution is 2.23. The van der Waals surface area contributed by atoms with Crippen LogP contribution in [0.5, 0.6) is 0 Å². The van der Waals surface area contributed by atoms with Crippen molar-refractivity contribution in [2.45, 2.75) is 6.04 Å². The van der Waals surface area contributed by atoms with Crippen molar-refractivity contribution in [3.05, 3.63) is 71.9 Å². The van der Waals surface area contributed by atoms with E-state index in [9.17, 15) is 4.39 Å². The third kappa shape index (κ3) is 2.31. The predicted molar refractivity (Wildman–Crippen MR) is 72.2 cm³/mol. The van der Waals surface area contributed by atoms with E-state index >= 15 is 0 Å². The topological polar surface area (TPSA) is 64.9 Å². The van der Waals surface area contributed by atoms with Gasteiger partial charge in [0.15, 0.2) is 0 Å². The second kappa shape index (κ2) is 5.22. The molecule has 0 amide bonds. The van der Waals surface area contributed by atoms with Crippen molar-refractivity contribution in [3.8, 4) is 11.4 Å². The lowest BCUT2D eigenvalue weighted by Gasteiger charge is -2.05. The maximum absolute atomic E-state index is 13.7. The first-order valence-corrected chi connectivity index (χ1v) is 6.15. The molecular weight excluding hydrogens is 257 g/mol. The van der Waals surface area contributed by atoms with E-state index in [0.717, 1.165) is 5.56 Å². The Hall–Kier alpha value is -2.53. The number of halogens is 1. The molecule has 0 aliphatic carbocycles. The molecule has 0 aliphatic rings. The number of hydrogen-bond donors (Lipinski definition) is 1. The van der Waals surface area contributed by atoms with E-state index in [0.29, 0.717) is 5.56 Å². The minimum absolute atomic E-state index is 0.199. The van der Waals surface area contributed by atoms with Crippen LogP contribution in [0.4, 0.5) is 4.39 Å². The highest BCUT2D eigenvalue weighted by molar-refractivity contribution is 5.54. The molecule has 2 N–H and O–H groups in total. The number of aromatic nitrogens is 2. The third-order valence-electron chi connectivity index (χ3n) is 2.98. The minimum Gasteiger partial charge on any atom is -0.337 e. The molecule has 0 aliphatic heterocycles. The summed E-state index contributed by atoms with van der Waals surface area (Å²) in [6.45, 7) is 0. The van der Waals surface area contributed by atoms with Crippen molar-refractivity contribution < 1.29 is 8.91 Å². The van der Waals surface area contributed by atoms with Crippen LogP contribution in [-0.2, 0) is 0 Å². The molecule has 5 heteroatoms. The summed E-state index contributed by atoms with van der Waals surface area (Å²) in [4.78, 5) is 4.17. The van der Waals surface area contributed by atoms with Crippen molar-refractivity contribution >= 4 is 0 Å². The highest BCUT2D eigenvalue weighted by Gasteiger charge is 2.18. The maximum Gasteiger partial charge on any atom is 0.248 e. The molecule has 4 nitrogen and oxygen atoms in total. The summed E-state index contributed by atoms with van der Waals surface area (Å²) in [5.74, 6) is 0.0621. The number of nitrogens with two attached hydrogens (primary N) is 1. The summed E-state index contributed by atoms with van der Waals surface area (Å²) in [7, 11) is 0. The van der Waals surface area contributed by atoms with E-state index in [2.05, 4.69) is 10.1 Å². The van der Waals surface area contributed by atoms with Gasteiger partial charge in [-0.25, -0.2) is 4.39 Å². The van der Waals surface area contributed by atoms with E-state index in [4.69, 9.17) is 10.3 Å². The molecule has 0 spiro atoms. The van der Waals surface area contributed by atoms with Gasteiger partial charge in [0.05, 0.1) is 5.56 Å². The molecule has 1 unspecified atom stereocenters. The van der Waals surface area contributed by atoms with Crippen LogP contribution in [0.1, 0.15) is 17.5 Å². The standard InChI is InChI=1S/C15H12FN3O/c16-12-9-5-4-8-11(12)14-18-15(20-19-14)13(17)10-6-2-1-3-7-10/h1-9,13H,17H2. The Balaban J connectivity index is 1.93. The van der Waals surface area contributed by atoms with Crippen molar-refractivity contribution in [2.24, 2.45) is 5.73 Å². The van der Waals surface area contributed by atoms with Gasteiger partial charge in [-0.2, -0.15) is 4.98 Å². The van der Waals surface area contributed by atoms with Gasteiger partial charge in [0.1, 0.15) is 11.9 Å². The SMILES string of the molecule is NC(c1ccccc1)c1nc(-c2ccccc2F)no1. The second-order valence-corrected chi connectivity index (χ2v) is 4.32. The van der Waals surface area contributed by atoms with Crippen molar-refractivity contribution in [1.82, 2.24) is 10.1 Å². The maximum atomic E-state index is 13.7. The van der Waals surface area contributed by atoms with Crippen LogP contribution in [0.3, 0.4) is 0 Å². The normalized spacial score (nSPS) is 12.3. The Labute approximate surface area is 115 Å². The van der Waals surface area contributed by atoms with Gasteiger partial charge in [-0.15, -0.1) is 0 Å². The first kappa shape index (κ1) is 12.5. The molecule has 1 atom stereocenters. The van der Waals surface area contributed by atoms with Crippen LogP contribution in [0.25, 0.3) is 11.4 Å². The van der Waals surface area contributed by atoms with Gasteiger partial charge in [-0.1, -0.05) is 47.6 Å². The summed E-state index contributed by atoms with van der Waals surface area (Å²) in [5, 5.41) is 3.79. The fourth-order valence-electron chi connectivity index (χ4n) is 1.92. The van der Waals surface area contributed by atoms with E-state index in [1.54, 1.807) is 18.2 Å². The van der Waals surface area contributed by atoms with Crippen LogP contribution < -0.4 is 5.73 Å². The molecular formula is C15H12FN3O. The minimum atomic E-state index is -0.524. The third-order valence-corrected chi connectivity index (χ3v) is 2.98. The zero-order valence-electron chi connectivity index (χ0n) is 10.5. The lowest BCUT2D eigenvalue weighted by molar-refractivity contribution is 0.367. The zero-order valence-corrected chi connectivity index (χ0v) is 10.5. The predicted octanol–water partition coefficient (Wildman–Crippen LogP) is 2.92. The number of hydrogen-bond acceptors (Lipinski definition) is 4. The summed E-state index contributed by atoms with van der Waals surface area (Å²) in [6, 6.07) is 15.1. The van der Waals surface area contributed by atoms with Gasteiger partial charge in [0.25, 0.3) is 0 Å².